The van der Waals surface area contributed by atoms with E-state index in [4.69, 9.17) is 4.42 Å². The molecule has 2 amide bonds. The molecule has 7 nitrogen and oxygen atoms in total. The second-order valence-electron chi connectivity index (χ2n) is 7.97. The first-order valence-electron chi connectivity index (χ1n) is 10.7. The van der Waals surface area contributed by atoms with Crippen molar-refractivity contribution in [3.8, 4) is 11.5 Å². The van der Waals surface area contributed by atoms with Crippen molar-refractivity contribution in [2.75, 3.05) is 24.2 Å². The van der Waals surface area contributed by atoms with Crippen molar-refractivity contribution in [1.82, 2.24) is 15.1 Å². The van der Waals surface area contributed by atoms with Crippen LogP contribution in [0, 0.1) is 19.8 Å². The Morgan fingerprint density at radius 3 is 2.53 bits per heavy atom. The van der Waals surface area contributed by atoms with Gasteiger partial charge in [0.25, 0.3) is 5.22 Å². The van der Waals surface area contributed by atoms with Crippen molar-refractivity contribution in [2.24, 2.45) is 5.92 Å². The van der Waals surface area contributed by atoms with Gasteiger partial charge < -0.3 is 14.6 Å². The number of aryl methyl sites for hydroxylation is 2. The number of nitrogens with zero attached hydrogens (tertiary/aromatic N) is 3. The number of carbonyl (C=O) groups is 2. The molecule has 4 rings (SSSR count). The molecule has 3 aromatic rings. The molecule has 0 saturated carbocycles. The highest BCUT2D eigenvalue weighted by molar-refractivity contribution is 7.99. The van der Waals surface area contributed by atoms with Gasteiger partial charge in [0.15, 0.2) is 0 Å². The van der Waals surface area contributed by atoms with Gasteiger partial charge in [0.1, 0.15) is 0 Å². The van der Waals surface area contributed by atoms with E-state index in [1.54, 1.807) is 4.90 Å². The molecular formula is C24H26N4O3S. The van der Waals surface area contributed by atoms with Crippen molar-refractivity contribution in [1.29, 1.82) is 0 Å². The Morgan fingerprint density at radius 2 is 1.81 bits per heavy atom. The zero-order chi connectivity index (χ0) is 22.5. The summed E-state index contributed by atoms with van der Waals surface area (Å²) in [5.41, 5.74) is 4.03. The third-order valence-electron chi connectivity index (χ3n) is 5.74. The van der Waals surface area contributed by atoms with E-state index in [9.17, 15) is 9.59 Å². The molecule has 0 aliphatic carbocycles. The predicted molar refractivity (Wildman–Crippen MR) is 124 cm³/mol. The van der Waals surface area contributed by atoms with Crippen LogP contribution in [0.15, 0.2) is 58.2 Å². The number of para-hydroxylation sites is 1. The summed E-state index contributed by atoms with van der Waals surface area (Å²) in [5.74, 6) is 0.636. The van der Waals surface area contributed by atoms with E-state index >= 15 is 0 Å². The van der Waals surface area contributed by atoms with Gasteiger partial charge in [0.2, 0.25) is 17.7 Å². The highest BCUT2D eigenvalue weighted by Crippen LogP contribution is 2.26. The highest BCUT2D eigenvalue weighted by Gasteiger charge is 2.27. The van der Waals surface area contributed by atoms with Crippen LogP contribution in [-0.2, 0) is 9.59 Å². The van der Waals surface area contributed by atoms with E-state index in [1.165, 1.54) is 17.3 Å². The van der Waals surface area contributed by atoms with E-state index in [-0.39, 0.29) is 23.5 Å². The second-order valence-corrected chi connectivity index (χ2v) is 8.90. The number of hydrogen-bond donors (Lipinski definition) is 1. The average molecular weight is 451 g/mol. The van der Waals surface area contributed by atoms with Gasteiger partial charge in [-0.1, -0.05) is 36.0 Å². The zero-order valence-electron chi connectivity index (χ0n) is 18.2. The summed E-state index contributed by atoms with van der Waals surface area (Å²) in [6.07, 6.45) is 1.32. The molecule has 0 spiro atoms. The highest BCUT2D eigenvalue weighted by atomic mass is 32.2. The van der Waals surface area contributed by atoms with Gasteiger partial charge in [-0.15, -0.1) is 10.2 Å². The molecule has 1 aliphatic rings. The molecule has 0 unspecified atom stereocenters. The van der Waals surface area contributed by atoms with Crippen LogP contribution in [0.25, 0.3) is 11.5 Å². The van der Waals surface area contributed by atoms with Gasteiger partial charge in [0, 0.05) is 30.3 Å². The van der Waals surface area contributed by atoms with Crippen molar-refractivity contribution >= 4 is 29.3 Å². The summed E-state index contributed by atoms with van der Waals surface area (Å²) in [6.45, 7) is 5.24. The molecule has 0 bridgehead atoms. The van der Waals surface area contributed by atoms with Gasteiger partial charge in [-0.25, -0.2) is 0 Å². The lowest BCUT2D eigenvalue weighted by molar-refractivity contribution is -0.132. The van der Waals surface area contributed by atoms with E-state index in [0.717, 1.165) is 16.8 Å². The topological polar surface area (TPSA) is 88.3 Å². The van der Waals surface area contributed by atoms with Crippen LogP contribution in [0.3, 0.4) is 0 Å². The van der Waals surface area contributed by atoms with E-state index in [2.05, 4.69) is 22.4 Å². The number of piperidine rings is 1. The van der Waals surface area contributed by atoms with E-state index in [1.807, 2.05) is 55.5 Å². The van der Waals surface area contributed by atoms with Crippen LogP contribution in [0.5, 0.6) is 0 Å². The number of aromatic nitrogens is 2. The van der Waals surface area contributed by atoms with Crippen molar-refractivity contribution in [3.63, 3.8) is 0 Å². The monoisotopic (exact) mass is 450 g/mol. The molecule has 0 radical (unpaired) electrons. The Kier molecular flexibility index (Phi) is 6.90. The molecule has 32 heavy (non-hydrogen) atoms. The molecular weight excluding hydrogens is 424 g/mol. The smallest absolute Gasteiger partial charge is 0.277 e. The average Bonchev–Trinajstić information content (AvgIpc) is 3.29. The zero-order valence-corrected chi connectivity index (χ0v) is 19.0. The normalized spacial score (nSPS) is 14.4. The molecule has 2 aromatic carbocycles. The first-order valence-corrected chi connectivity index (χ1v) is 11.7. The molecule has 1 saturated heterocycles. The number of benzene rings is 2. The van der Waals surface area contributed by atoms with Crippen molar-refractivity contribution in [3.05, 3.63) is 59.7 Å². The fraction of sp³-hybridized carbons (Fsp3) is 0.333. The number of rotatable bonds is 6. The summed E-state index contributed by atoms with van der Waals surface area (Å²) in [5, 5.41) is 11.5. The fourth-order valence-electron chi connectivity index (χ4n) is 3.63. The van der Waals surface area contributed by atoms with Crippen LogP contribution in [0.1, 0.15) is 24.0 Å². The number of anilines is 1. The Balaban J connectivity index is 1.24. The summed E-state index contributed by atoms with van der Waals surface area (Å²) in [4.78, 5) is 26.9. The third-order valence-corrected chi connectivity index (χ3v) is 6.54. The summed E-state index contributed by atoms with van der Waals surface area (Å²) < 4.78 is 5.72. The number of likely N-dealkylation sites (tertiary alicyclic amines) is 1. The molecule has 8 heteroatoms. The first kappa shape index (κ1) is 22.1. The van der Waals surface area contributed by atoms with E-state index in [0.29, 0.717) is 37.0 Å². The summed E-state index contributed by atoms with van der Waals surface area (Å²) in [7, 11) is 0. The fourth-order valence-corrected chi connectivity index (χ4v) is 4.30. The van der Waals surface area contributed by atoms with Crippen LogP contribution < -0.4 is 5.32 Å². The molecule has 2 heterocycles. The maximum atomic E-state index is 12.6. The standard InChI is InChI=1S/C24H26N4O3S/c1-16-8-9-19(14-17(16)2)23-26-27-24(31-23)32-15-21(29)28-12-10-18(11-13-28)22(30)25-20-6-4-3-5-7-20/h3-9,14,18H,10-13,15H2,1-2H3,(H,25,30). The second kappa shape index (κ2) is 9.99. The quantitative estimate of drug-likeness (QED) is 0.563. The van der Waals surface area contributed by atoms with Gasteiger partial charge in [-0.2, -0.15) is 0 Å². The summed E-state index contributed by atoms with van der Waals surface area (Å²) in [6, 6.07) is 15.4. The SMILES string of the molecule is Cc1ccc(-c2nnc(SCC(=O)N3CCC(C(=O)Nc4ccccc4)CC3)o2)cc1C. The number of hydrogen-bond acceptors (Lipinski definition) is 6. The molecule has 166 valence electrons. The largest absolute Gasteiger partial charge is 0.411 e. The predicted octanol–water partition coefficient (Wildman–Crippen LogP) is 4.32. The van der Waals surface area contributed by atoms with Gasteiger partial charge in [0.05, 0.1) is 5.75 Å². The van der Waals surface area contributed by atoms with Crippen molar-refractivity contribution < 1.29 is 14.0 Å². The molecule has 1 fully saturated rings. The maximum absolute atomic E-state index is 12.6. The first-order chi connectivity index (χ1) is 15.5. The lowest BCUT2D eigenvalue weighted by Gasteiger charge is -2.31. The van der Waals surface area contributed by atoms with Crippen LogP contribution in [0.2, 0.25) is 0 Å². The van der Waals surface area contributed by atoms with Gasteiger partial charge >= 0.3 is 0 Å². The molecule has 1 aromatic heterocycles. The molecule has 0 atom stereocenters. The minimum Gasteiger partial charge on any atom is -0.411 e. The van der Waals surface area contributed by atoms with Crippen LogP contribution >= 0.6 is 11.8 Å². The minimum atomic E-state index is -0.0802. The molecule has 1 aliphatic heterocycles. The Labute approximate surface area is 191 Å². The lowest BCUT2D eigenvalue weighted by atomic mass is 9.96. The van der Waals surface area contributed by atoms with Crippen molar-refractivity contribution in [2.45, 2.75) is 31.9 Å². The number of carbonyl (C=O) groups excluding carboxylic acids is 2. The van der Waals surface area contributed by atoms with Crippen LogP contribution in [0.4, 0.5) is 5.69 Å². The minimum absolute atomic E-state index is 0.0161. The van der Waals surface area contributed by atoms with Gasteiger partial charge in [-0.3, -0.25) is 9.59 Å². The van der Waals surface area contributed by atoms with Crippen LogP contribution in [-0.4, -0.2) is 45.8 Å². The Bertz CT molecular complexity index is 1090. The number of amides is 2. The lowest BCUT2D eigenvalue weighted by Crippen LogP contribution is -2.42. The Morgan fingerprint density at radius 1 is 1.06 bits per heavy atom. The Hall–Kier alpha value is -3.13. The number of nitrogens with one attached hydrogen (secondary N) is 1. The third kappa shape index (κ3) is 5.37. The molecule has 1 N–H and O–H groups in total. The number of thioether (sulfide) groups is 1. The van der Waals surface area contributed by atoms with E-state index < -0.39 is 0 Å². The summed E-state index contributed by atoms with van der Waals surface area (Å²) >= 11 is 1.24. The van der Waals surface area contributed by atoms with Gasteiger partial charge in [-0.05, 0) is 62.1 Å². The maximum Gasteiger partial charge on any atom is 0.277 e.